The van der Waals surface area contributed by atoms with Gasteiger partial charge in [0.25, 0.3) is 0 Å². The number of benzene rings is 2. The van der Waals surface area contributed by atoms with E-state index in [1.165, 1.54) is 12.1 Å². The summed E-state index contributed by atoms with van der Waals surface area (Å²) in [4.78, 5) is 10.8. The van der Waals surface area contributed by atoms with Crippen molar-refractivity contribution in [2.24, 2.45) is 0 Å². The number of rotatable bonds is 7. The molecule has 2 rings (SSSR count). The summed E-state index contributed by atoms with van der Waals surface area (Å²) in [7, 11) is 0. The summed E-state index contributed by atoms with van der Waals surface area (Å²) in [5.74, 6) is 0.137. The van der Waals surface area contributed by atoms with Gasteiger partial charge in [0.1, 0.15) is 6.61 Å². The molecule has 0 aliphatic carbocycles. The van der Waals surface area contributed by atoms with Gasteiger partial charge in [-0.25, -0.2) is 4.79 Å². The standard InChI is InChI=1S/C17H17BrO5/c1-2-22-15-8-12(9-19)7-14(18)16(15)23-10-11-3-5-13(6-4-11)17(20)21/h3-8,19H,2,9-10H2,1H3,(H,20,21). The molecular weight excluding hydrogens is 364 g/mol. The molecular formula is C17H17BrO5. The molecule has 0 radical (unpaired) electrons. The van der Waals surface area contributed by atoms with Gasteiger partial charge in [-0.3, -0.25) is 0 Å². The molecule has 2 aromatic carbocycles. The summed E-state index contributed by atoms with van der Waals surface area (Å²) in [6.07, 6.45) is 0. The minimum Gasteiger partial charge on any atom is -0.490 e. The number of aliphatic hydroxyl groups excluding tert-OH is 1. The third kappa shape index (κ3) is 4.46. The van der Waals surface area contributed by atoms with Crippen LogP contribution in [0.4, 0.5) is 0 Å². The van der Waals surface area contributed by atoms with Crippen LogP contribution in [0.25, 0.3) is 0 Å². The lowest BCUT2D eigenvalue weighted by atomic mass is 10.1. The Morgan fingerprint density at radius 3 is 2.39 bits per heavy atom. The van der Waals surface area contributed by atoms with Gasteiger partial charge in [-0.2, -0.15) is 0 Å². The SMILES string of the molecule is CCOc1cc(CO)cc(Br)c1OCc1ccc(C(=O)O)cc1. The maximum atomic E-state index is 10.8. The Balaban J connectivity index is 2.17. The van der Waals surface area contributed by atoms with E-state index in [1.54, 1.807) is 24.3 Å². The van der Waals surface area contributed by atoms with Gasteiger partial charge in [0, 0.05) is 0 Å². The molecule has 0 aliphatic rings. The van der Waals surface area contributed by atoms with Crippen LogP contribution < -0.4 is 9.47 Å². The quantitative estimate of drug-likeness (QED) is 0.766. The van der Waals surface area contributed by atoms with Gasteiger partial charge in [-0.05, 0) is 58.2 Å². The Morgan fingerprint density at radius 1 is 1.13 bits per heavy atom. The first kappa shape index (κ1) is 17.3. The first-order valence-electron chi connectivity index (χ1n) is 7.06. The van der Waals surface area contributed by atoms with E-state index in [-0.39, 0.29) is 18.8 Å². The molecule has 0 aromatic heterocycles. The first-order valence-corrected chi connectivity index (χ1v) is 7.85. The number of carboxylic acid groups (broad SMARTS) is 1. The van der Waals surface area contributed by atoms with Crippen molar-refractivity contribution in [3.05, 3.63) is 57.6 Å². The van der Waals surface area contributed by atoms with Crippen LogP contribution in [0.1, 0.15) is 28.4 Å². The van der Waals surface area contributed by atoms with Gasteiger partial charge in [-0.1, -0.05) is 12.1 Å². The molecule has 0 bridgehead atoms. The fourth-order valence-corrected chi connectivity index (χ4v) is 2.62. The van der Waals surface area contributed by atoms with Crippen LogP contribution in [0.3, 0.4) is 0 Å². The highest BCUT2D eigenvalue weighted by Crippen LogP contribution is 2.37. The Hall–Kier alpha value is -2.05. The van der Waals surface area contributed by atoms with Crippen molar-refractivity contribution in [3.8, 4) is 11.5 Å². The van der Waals surface area contributed by atoms with Crippen LogP contribution in [0.15, 0.2) is 40.9 Å². The monoisotopic (exact) mass is 380 g/mol. The van der Waals surface area contributed by atoms with E-state index >= 15 is 0 Å². The van der Waals surface area contributed by atoms with Crippen LogP contribution in [-0.2, 0) is 13.2 Å². The molecule has 2 aromatic rings. The molecule has 0 spiro atoms. The van der Waals surface area contributed by atoms with E-state index in [0.717, 1.165) is 11.1 Å². The molecule has 5 nitrogen and oxygen atoms in total. The highest BCUT2D eigenvalue weighted by atomic mass is 79.9. The molecule has 0 heterocycles. The van der Waals surface area contributed by atoms with Crippen molar-refractivity contribution >= 4 is 21.9 Å². The number of ether oxygens (including phenoxy) is 2. The topological polar surface area (TPSA) is 76.0 Å². The third-order valence-corrected chi connectivity index (χ3v) is 3.72. The molecule has 122 valence electrons. The molecule has 0 amide bonds. The molecule has 0 fully saturated rings. The second-order valence-corrected chi connectivity index (χ2v) is 5.64. The van der Waals surface area contributed by atoms with Gasteiger partial charge in [-0.15, -0.1) is 0 Å². The van der Waals surface area contributed by atoms with Gasteiger partial charge in [0.05, 0.1) is 23.2 Å². The average molecular weight is 381 g/mol. The summed E-state index contributed by atoms with van der Waals surface area (Å²) in [5, 5.41) is 18.1. The lowest BCUT2D eigenvalue weighted by Gasteiger charge is -2.15. The maximum absolute atomic E-state index is 10.8. The summed E-state index contributed by atoms with van der Waals surface area (Å²) < 4.78 is 12.1. The number of carbonyl (C=O) groups is 1. The van der Waals surface area contributed by atoms with Crippen LogP contribution in [-0.4, -0.2) is 22.8 Å². The number of halogens is 1. The fourth-order valence-electron chi connectivity index (χ4n) is 2.01. The molecule has 23 heavy (non-hydrogen) atoms. The predicted molar refractivity (Wildman–Crippen MR) is 89.0 cm³/mol. The normalized spacial score (nSPS) is 10.4. The number of hydrogen-bond acceptors (Lipinski definition) is 4. The molecule has 0 saturated heterocycles. The van der Waals surface area contributed by atoms with Crippen molar-refractivity contribution in [2.45, 2.75) is 20.1 Å². The van der Waals surface area contributed by atoms with E-state index < -0.39 is 5.97 Å². The zero-order valence-electron chi connectivity index (χ0n) is 12.6. The Bertz CT molecular complexity index is 682. The Morgan fingerprint density at radius 2 is 1.83 bits per heavy atom. The molecule has 6 heteroatoms. The summed E-state index contributed by atoms with van der Waals surface area (Å²) in [6.45, 7) is 2.53. The molecule has 0 atom stereocenters. The smallest absolute Gasteiger partial charge is 0.335 e. The second kappa shape index (κ2) is 7.99. The molecule has 2 N–H and O–H groups in total. The fraction of sp³-hybridized carbons (Fsp3) is 0.235. The zero-order valence-corrected chi connectivity index (χ0v) is 14.2. The second-order valence-electron chi connectivity index (χ2n) is 4.79. The van der Waals surface area contributed by atoms with Crippen molar-refractivity contribution < 1.29 is 24.5 Å². The van der Waals surface area contributed by atoms with E-state index in [9.17, 15) is 9.90 Å². The Kier molecular flexibility index (Phi) is 6.01. The first-order chi connectivity index (χ1) is 11.0. The highest BCUT2D eigenvalue weighted by molar-refractivity contribution is 9.10. The molecule has 0 unspecified atom stereocenters. The molecule has 0 aliphatic heterocycles. The highest BCUT2D eigenvalue weighted by Gasteiger charge is 2.12. The van der Waals surface area contributed by atoms with Gasteiger partial charge >= 0.3 is 5.97 Å². The van der Waals surface area contributed by atoms with Crippen LogP contribution in [0.2, 0.25) is 0 Å². The third-order valence-electron chi connectivity index (χ3n) is 3.14. The van der Waals surface area contributed by atoms with Gasteiger partial charge in [0.15, 0.2) is 11.5 Å². The number of carboxylic acids is 1. The zero-order chi connectivity index (χ0) is 16.8. The van der Waals surface area contributed by atoms with Crippen LogP contribution >= 0.6 is 15.9 Å². The van der Waals surface area contributed by atoms with E-state index in [4.69, 9.17) is 14.6 Å². The summed E-state index contributed by atoms with van der Waals surface area (Å²) >= 11 is 3.42. The lowest BCUT2D eigenvalue weighted by molar-refractivity contribution is 0.0697. The predicted octanol–water partition coefficient (Wildman–Crippen LogP) is 3.62. The van der Waals surface area contributed by atoms with E-state index in [1.807, 2.05) is 6.92 Å². The maximum Gasteiger partial charge on any atom is 0.335 e. The van der Waals surface area contributed by atoms with Gasteiger partial charge in [0.2, 0.25) is 0 Å². The van der Waals surface area contributed by atoms with Crippen LogP contribution in [0.5, 0.6) is 11.5 Å². The summed E-state index contributed by atoms with van der Waals surface area (Å²) in [5.41, 5.74) is 1.80. The van der Waals surface area contributed by atoms with Crippen molar-refractivity contribution in [3.63, 3.8) is 0 Å². The number of hydrogen-bond donors (Lipinski definition) is 2. The van der Waals surface area contributed by atoms with Crippen molar-refractivity contribution in [1.29, 1.82) is 0 Å². The average Bonchev–Trinajstić information content (AvgIpc) is 2.54. The lowest BCUT2D eigenvalue weighted by Crippen LogP contribution is -2.02. The van der Waals surface area contributed by atoms with E-state index in [0.29, 0.717) is 22.6 Å². The van der Waals surface area contributed by atoms with Crippen molar-refractivity contribution in [1.82, 2.24) is 0 Å². The van der Waals surface area contributed by atoms with Gasteiger partial charge < -0.3 is 19.7 Å². The minimum absolute atomic E-state index is 0.0877. The van der Waals surface area contributed by atoms with Crippen molar-refractivity contribution in [2.75, 3.05) is 6.61 Å². The summed E-state index contributed by atoms with van der Waals surface area (Å²) in [6, 6.07) is 9.99. The van der Waals surface area contributed by atoms with E-state index in [2.05, 4.69) is 15.9 Å². The Labute approximate surface area is 142 Å². The molecule has 0 saturated carbocycles. The minimum atomic E-state index is -0.960. The largest absolute Gasteiger partial charge is 0.490 e. The van der Waals surface area contributed by atoms with Crippen LogP contribution in [0, 0.1) is 0 Å². The number of aromatic carboxylic acids is 1. The number of aliphatic hydroxyl groups is 1.